The van der Waals surface area contributed by atoms with E-state index in [-0.39, 0.29) is 42.3 Å². The molecule has 0 bridgehead atoms. The van der Waals surface area contributed by atoms with Gasteiger partial charge in [0.1, 0.15) is 37.1 Å². The zero-order valence-corrected chi connectivity index (χ0v) is 22.8. The Hall–Kier alpha value is -3.24. The standard InChI is InChI=1S/C27H36O14/c1-4-14-15(9-21(31)38-12-20(37-5-2)13-6-7-17(29)18(30)8-13)16(25(35)36-3)11-39-26(14)41-27-24(34)23(33)22(32)19(10-28)40-27/h4,6-8,11,15,19-20,22-24,26-30,32-34H,5,9-10,12H2,1-3H3/b14-4+/t15-,19-,20?,22+,23-,24+,26-,27-/m0/s1. The van der Waals surface area contributed by atoms with Crippen molar-refractivity contribution < 1.29 is 68.6 Å². The summed E-state index contributed by atoms with van der Waals surface area (Å²) >= 11 is 0. The number of ether oxygens (including phenoxy) is 6. The summed E-state index contributed by atoms with van der Waals surface area (Å²) in [5, 5.41) is 59.4. The van der Waals surface area contributed by atoms with Crippen LogP contribution in [0.4, 0.5) is 0 Å². The van der Waals surface area contributed by atoms with Crippen molar-refractivity contribution >= 4 is 11.9 Å². The number of methoxy groups -OCH3 is 1. The number of phenols is 2. The quantitative estimate of drug-likeness (QED) is 0.114. The Morgan fingerprint density at radius 3 is 2.44 bits per heavy atom. The SMILES string of the molecule is C/C=C1/[C@H](O[C@@H]2O[C@@H](CO)[C@@H](O)[C@H](O)[C@H]2O)OC=C(C(=O)OC)[C@H]1CC(=O)OCC(OCC)c1ccc(O)c(O)c1. The van der Waals surface area contributed by atoms with Crippen LogP contribution in [-0.4, -0.2) is 107 Å². The maximum atomic E-state index is 13.0. The number of allylic oxidation sites excluding steroid dienone is 1. The van der Waals surface area contributed by atoms with Crippen LogP contribution < -0.4 is 0 Å². The van der Waals surface area contributed by atoms with Crippen LogP contribution in [0.1, 0.15) is 31.9 Å². The third-order valence-electron chi connectivity index (χ3n) is 6.73. The summed E-state index contributed by atoms with van der Waals surface area (Å²) in [6.07, 6.45) is -7.60. The number of aromatic hydroxyl groups is 2. The second kappa shape index (κ2) is 14.6. The molecule has 41 heavy (non-hydrogen) atoms. The van der Waals surface area contributed by atoms with Crippen LogP contribution in [0.15, 0.2) is 41.7 Å². The van der Waals surface area contributed by atoms with Gasteiger partial charge in [0.15, 0.2) is 17.8 Å². The summed E-state index contributed by atoms with van der Waals surface area (Å²) in [5.74, 6) is -3.14. The van der Waals surface area contributed by atoms with Crippen LogP contribution in [-0.2, 0) is 38.0 Å². The fraction of sp³-hybridized carbons (Fsp3) is 0.556. The van der Waals surface area contributed by atoms with Gasteiger partial charge in [0.2, 0.25) is 6.29 Å². The van der Waals surface area contributed by atoms with Crippen molar-refractivity contribution in [3.8, 4) is 11.5 Å². The molecule has 0 radical (unpaired) electrons. The average Bonchev–Trinajstić information content (AvgIpc) is 2.96. The molecule has 14 heteroatoms. The van der Waals surface area contributed by atoms with Crippen molar-refractivity contribution in [3.63, 3.8) is 0 Å². The molecule has 6 N–H and O–H groups in total. The van der Waals surface area contributed by atoms with E-state index in [1.165, 1.54) is 24.3 Å². The predicted molar refractivity (Wildman–Crippen MR) is 137 cm³/mol. The molecule has 1 aromatic carbocycles. The number of carbonyl (C=O) groups is 2. The van der Waals surface area contributed by atoms with E-state index in [4.69, 9.17) is 28.4 Å². The van der Waals surface area contributed by atoms with E-state index >= 15 is 0 Å². The van der Waals surface area contributed by atoms with E-state index in [2.05, 4.69) is 0 Å². The molecule has 2 aliphatic heterocycles. The fourth-order valence-electron chi connectivity index (χ4n) is 4.50. The summed E-state index contributed by atoms with van der Waals surface area (Å²) in [4.78, 5) is 25.5. The summed E-state index contributed by atoms with van der Waals surface area (Å²) in [5.41, 5.74) is 0.709. The number of rotatable bonds is 11. The van der Waals surface area contributed by atoms with E-state index in [1.807, 2.05) is 0 Å². The van der Waals surface area contributed by atoms with Gasteiger partial charge < -0.3 is 59.1 Å². The van der Waals surface area contributed by atoms with Gasteiger partial charge in [0.05, 0.1) is 32.0 Å². The van der Waals surface area contributed by atoms with Crippen molar-refractivity contribution in [1.29, 1.82) is 0 Å². The van der Waals surface area contributed by atoms with Gasteiger partial charge in [0.25, 0.3) is 0 Å². The first-order valence-electron chi connectivity index (χ1n) is 12.9. The molecule has 2 aliphatic rings. The van der Waals surface area contributed by atoms with Crippen LogP contribution in [0.5, 0.6) is 11.5 Å². The third kappa shape index (κ3) is 7.54. The van der Waals surface area contributed by atoms with Crippen molar-refractivity contribution in [2.24, 2.45) is 5.92 Å². The van der Waals surface area contributed by atoms with Crippen LogP contribution in [0.3, 0.4) is 0 Å². The molecule has 0 saturated carbocycles. The van der Waals surface area contributed by atoms with Crippen LogP contribution in [0.25, 0.3) is 0 Å². The zero-order valence-electron chi connectivity index (χ0n) is 22.8. The lowest BCUT2D eigenvalue weighted by atomic mass is 9.86. The van der Waals surface area contributed by atoms with Crippen molar-refractivity contribution in [2.45, 2.75) is 63.4 Å². The first-order chi connectivity index (χ1) is 19.6. The largest absolute Gasteiger partial charge is 0.504 e. The zero-order chi connectivity index (χ0) is 30.3. The Kier molecular flexibility index (Phi) is 11.5. The highest BCUT2D eigenvalue weighted by molar-refractivity contribution is 5.90. The minimum absolute atomic E-state index is 0.0176. The molecule has 1 aromatic rings. The van der Waals surface area contributed by atoms with Crippen molar-refractivity contribution in [2.75, 3.05) is 26.9 Å². The van der Waals surface area contributed by atoms with Crippen molar-refractivity contribution in [1.82, 2.24) is 0 Å². The number of aliphatic hydroxyl groups is 4. The van der Waals surface area contributed by atoms with Crippen LogP contribution in [0.2, 0.25) is 0 Å². The van der Waals surface area contributed by atoms with Crippen molar-refractivity contribution in [3.05, 3.63) is 47.2 Å². The van der Waals surface area contributed by atoms with Gasteiger partial charge in [-0.15, -0.1) is 0 Å². The molecule has 1 saturated heterocycles. The van der Waals surface area contributed by atoms with Gasteiger partial charge in [-0.25, -0.2) is 4.79 Å². The number of hydrogen-bond donors (Lipinski definition) is 6. The Morgan fingerprint density at radius 2 is 1.83 bits per heavy atom. The smallest absolute Gasteiger partial charge is 0.337 e. The molecule has 0 aromatic heterocycles. The molecule has 0 spiro atoms. The van der Waals surface area contributed by atoms with Gasteiger partial charge in [0, 0.05) is 18.1 Å². The Balaban J connectivity index is 1.76. The average molecular weight is 585 g/mol. The van der Waals surface area contributed by atoms with Gasteiger partial charge in [-0.1, -0.05) is 12.1 Å². The molecular weight excluding hydrogens is 548 g/mol. The summed E-state index contributed by atoms with van der Waals surface area (Å²) in [6, 6.07) is 4.08. The predicted octanol–water partition coefficient (Wildman–Crippen LogP) is -0.0991. The molecule has 0 amide bonds. The number of hydrogen-bond acceptors (Lipinski definition) is 14. The molecule has 1 fully saturated rings. The van der Waals surface area contributed by atoms with Gasteiger partial charge >= 0.3 is 11.9 Å². The number of benzene rings is 1. The van der Waals surface area contributed by atoms with E-state index in [0.29, 0.717) is 5.56 Å². The first kappa shape index (κ1) is 32.3. The Bertz CT molecular complexity index is 1120. The minimum Gasteiger partial charge on any atom is -0.504 e. The molecule has 2 heterocycles. The minimum atomic E-state index is -1.71. The molecule has 0 aliphatic carbocycles. The van der Waals surface area contributed by atoms with E-state index in [1.54, 1.807) is 13.8 Å². The summed E-state index contributed by atoms with van der Waals surface area (Å²) in [6.45, 7) is 2.69. The number of carbonyl (C=O) groups excluding carboxylic acids is 2. The van der Waals surface area contributed by atoms with Crippen LogP contribution in [0, 0.1) is 5.92 Å². The van der Waals surface area contributed by atoms with E-state index in [9.17, 15) is 40.2 Å². The lowest BCUT2D eigenvalue weighted by molar-refractivity contribution is -0.327. The lowest BCUT2D eigenvalue weighted by Gasteiger charge is -2.41. The summed E-state index contributed by atoms with van der Waals surface area (Å²) < 4.78 is 32.6. The topological polar surface area (TPSA) is 211 Å². The number of esters is 2. The van der Waals surface area contributed by atoms with Gasteiger partial charge in [-0.05, 0) is 31.5 Å². The third-order valence-corrected chi connectivity index (χ3v) is 6.73. The molecule has 1 unspecified atom stereocenters. The van der Waals surface area contributed by atoms with Gasteiger partial charge in [-0.3, -0.25) is 4.79 Å². The molecule has 8 atom stereocenters. The highest BCUT2D eigenvalue weighted by Crippen LogP contribution is 2.36. The highest BCUT2D eigenvalue weighted by Gasteiger charge is 2.47. The van der Waals surface area contributed by atoms with Gasteiger partial charge in [-0.2, -0.15) is 0 Å². The molecule has 228 valence electrons. The first-order valence-corrected chi connectivity index (χ1v) is 12.9. The summed E-state index contributed by atoms with van der Waals surface area (Å²) in [7, 11) is 1.16. The normalized spacial score (nSPS) is 29.8. The monoisotopic (exact) mass is 584 g/mol. The lowest BCUT2D eigenvalue weighted by Crippen LogP contribution is -2.60. The molecule has 14 nitrogen and oxygen atoms in total. The second-order valence-corrected chi connectivity index (χ2v) is 9.29. The Morgan fingerprint density at radius 1 is 1.10 bits per heavy atom. The van der Waals surface area contributed by atoms with E-state index < -0.39 is 67.6 Å². The maximum absolute atomic E-state index is 13.0. The molecule has 3 rings (SSSR count). The fourth-order valence-corrected chi connectivity index (χ4v) is 4.50. The van der Waals surface area contributed by atoms with E-state index in [0.717, 1.165) is 13.4 Å². The number of aliphatic hydroxyl groups excluding tert-OH is 4. The number of phenolic OH excluding ortho intramolecular Hbond substituents is 2. The van der Waals surface area contributed by atoms with Crippen LogP contribution >= 0.6 is 0 Å². The Labute approximate surface area is 235 Å². The maximum Gasteiger partial charge on any atom is 0.337 e. The second-order valence-electron chi connectivity index (χ2n) is 9.29. The highest BCUT2D eigenvalue weighted by atomic mass is 16.8. The molecular formula is C27H36O14.